The average molecular weight is 220 g/mol. The van der Waals surface area contributed by atoms with Crippen molar-refractivity contribution in [2.24, 2.45) is 0 Å². The molecule has 0 aliphatic rings. The lowest BCUT2D eigenvalue weighted by atomic mass is 10.4. The van der Waals surface area contributed by atoms with Crippen molar-refractivity contribution >= 4 is 5.97 Å². The van der Waals surface area contributed by atoms with Crippen LogP contribution in [0.5, 0.6) is 0 Å². The van der Waals surface area contributed by atoms with Gasteiger partial charge in [0.15, 0.2) is 0 Å². The van der Waals surface area contributed by atoms with Crippen molar-refractivity contribution in [3.63, 3.8) is 0 Å². The van der Waals surface area contributed by atoms with Gasteiger partial charge in [0, 0.05) is 12.3 Å². The minimum atomic E-state index is -1.14. The summed E-state index contributed by atoms with van der Waals surface area (Å²) in [7, 11) is 0. The molecule has 0 atom stereocenters. The van der Waals surface area contributed by atoms with Gasteiger partial charge in [0.25, 0.3) is 5.56 Å². The Kier molecular flexibility index (Phi) is 2.55. The number of nitrogens with zero attached hydrogens (tertiary/aromatic N) is 2. The molecule has 0 aliphatic heterocycles. The molecule has 2 aromatic rings. The Hall–Kier alpha value is -2.37. The summed E-state index contributed by atoms with van der Waals surface area (Å²) in [6.45, 7) is 0.118. The summed E-state index contributed by atoms with van der Waals surface area (Å²) < 4.78 is 6.19. The summed E-state index contributed by atoms with van der Waals surface area (Å²) in [5.74, 6) is -0.920. The number of aromatic carboxylic acids is 1. The van der Waals surface area contributed by atoms with Crippen molar-refractivity contribution in [1.82, 2.24) is 9.78 Å². The van der Waals surface area contributed by atoms with E-state index in [2.05, 4.69) is 5.10 Å². The first-order chi connectivity index (χ1) is 7.66. The fourth-order valence-electron chi connectivity index (χ4n) is 1.23. The van der Waals surface area contributed by atoms with E-state index in [0.29, 0.717) is 5.76 Å². The third-order valence-electron chi connectivity index (χ3n) is 1.96. The molecule has 2 heterocycles. The van der Waals surface area contributed by atoms with Crippen LogP contribution in [0.25, 0.3) is 0 Å². The summed E-state index contributed by atoms with van der Waals surface area (Å²) in [6, 6.07) is 5.74. The third-order valence-corrected chi connectivity index (χ3v) is 1.96. The molecule has 0 spiro atoms. The smallest absolute Gasteiger partial charge is 0.371 e. The summed E-state index contributed by atoms with van der Waals surface area (Å²) in [5.41, 5.74) is -0.268. The number of hydrogen-bond donors (Lipinski definition) is 1. The molecule has 0 fully saturated rings. The van der Waals surface area contributed by atoms with Gasteiger partial charge in [-0.3, -0.25) is 4.79 Å². The van der Waals surface area contributed by atoms with Gasteiger partial charge in [0.2, 0.25) is 5.76 Å². The third kappa shape index (κ3) is 2.00. The van der Waals surface area contributed by atoms with Crippen LogP contribution >= 0.6 is 0 Å². The van der Waals surface area contributed by atoms with Crippen LogP contribution in [0.1, 0.15) is 16.3 Å². The molecule has 0 aromatic carbocycles. The van der Waals surface area contributed by atoms with Crippen molar-refractivity contribution in [2.45, 2.75) is 6.54 Å². The number of carboxylic acid groups (broad SMARTS) is 1. The zero-order chi connectivity index (χ0) is 11.5. The summed E-state index contributed by atoms with van der Waals surface area (Å²) in [5, 5.41) is 12.5. The largest absolute Gasteiger partial charge is 0.475 e. The molecule has 6 nitrogen and oxygen atoms in total. The first-order valence-corrected chi connectivity index (χ1v) is 4.51. The van der Waals surface area contributed by atoms with Crippen LogP contribution < -0.4 is 5.56 Å². The highest BCUT2D eigenvalue weighted by atomic mass is 16.4. The fourth-order valence-corrected chi connectivity index (χ4v) is 1.23. The number of rotatable bonds is 3. The number of carbonyl (C=O) groups is 1. The highest BCUT2D eigenvalue weighted by Crippen LogP contribution is 2.08. The molecule has 82 valence electrons. The average Bonchev–Trinajstić information content (AvgIpc) is 2.70. The van der Waals surface area contributed by atoms with E-state index in [4.69, 9.17) is 9.52 Å². The first kappa shape index (κ1) is 10.2. The molecule has 0 radical (unpaired) electrons. The molecular weight excluding hydrogens is 212 g/mol. The topological polar surface area (TPSA) is 85.3 Å². The lowest BCUT2D eigenvalue weighted by Gasteiger charge is -1.99. The lowest BCUT2D eigenvalue weighted by molar-refractivity contribution is 0.0660. The van der Waals surface area contributed by atoms with Gasteiger partial charge in [0.05, 0.1) is 0 Å². The van der Waals surface area contributed by atoms with E-state index in [9.17, 15) is 9.59 Å². The van der Waals surface area contributed by atoms with Crippen LogP contribution in [-0.4, -0.2) is 20.9 Å². The van der Waals surface area contributed by atoms with Crippen LogP contribution in [0.4, 0.5) is 0 Å². The zero-order valence-corrected chi connectivity index (χ0v) is 8.16. The van der Waals surface area contributed by atoms with Gasteiger partial charge in [-0.1, -0.05) is 0 Å². The van der Waals surface area contributed by atoms with Crippen molar-refractivity contribution in [2.75, 3.05) is 0 Å². The van der Waals surface area contributed by atoms with Crippen molar-refractivity contribution in [1.29, 1.82) is 0 Å². The lowest BCUT2D eigenvalue weighted by Crippen LogP contribution is -2.21. The number of carboxylic acids is 1. The minimum Gasteiger partial charge on any atom is -0.475 e. The van der Waals surface area contributed by atoms with Gasteiger partial charge in [-0.25, -0.2) is 9.48 Å². The van der Waals surface area contributed by atoms with E-state index in [-0.39, 0.29) is 17.9 Å². The van der Waals surface area contributed by atoms with Gasteiger partial charge >= 0.3 is 5.97 Å². The van der Waals surface area contributed by atoms with E-state index >= 15 is 0 Å². The van der Waals surface area contributed by atoms with Crippen LogP contribution in [0, 0.1) is 0 Å². The van der Waals surface area contributed by atoms with E-state index in [0.717, 1.165) is 0 Å². The Morgan fingerprint density at radius 3 is 2.88 bits per heavy atom. The Labute approximate surface area is 89.7 Å². The summed E-state index contributed by atoms with van der Waals surface area (Å²) >= 11 is 0. The van der Waals surface area contributed by atoms with Crippen LogP contribution in [0.3, 0.4) is 0 Å². The van der Waals surface area contributed by atoms with Crippen LogP contribution in [-0.2, 0) is 6.54 Å². The number of furan rings is 1. The van der Waals surface area contributed by atoms with Gasteiger partial charge in [-0.05, 0) is 18.2 Å². The zero-order valence-electron chi connectivity index (χ0n) is 8.16. The highest BCUT2D eigenvalue weighted by Gasteiger charge is 2.09. The van der Waals surface area contributed by atoms with Gasteiger partial charge in [0.1, 0.15) is 12.3 Å². The van der Waals surface area contributed by atoms with Gasteiger partial charge < -0.3 is 9.52 Å². The second-order valence-electron chi connectivity index (χ2n) is 3.09. The van der Waals surface area contributed by atoms with E-state index in [1.165, 1.54) is 35.1 Å². The van der Waals surface area contributed by atoms with E-state index < -0.39 is 5.97 Å². The number of hydrogen-bond acceptors (Lipinski definition) is 4. The molecule has 2 rings (SSSR count). The molecule has 0 aliphatic carbocycles. The summed E-state index contributed by atoms with van der Waals surface area (Å²) in [4.78, 5) is 21.9. The Morgan fingerprint density at radius 1 is 1.44 bits per heavy atom. The van der Waals surface area contributed by atoms with Crippen molar-refractivity contribution < 1.29 is 14.3 Å². The maximum atomic E-state index is 11.3. The maximum Gasteiger partial charge on any atom is 0.371 e. The van der Waals surface area contributed by atoms with Crippen molar-refractivity contribution in [3.05, 3.63) is 52.3 Å². The highest BCUT2D eigenvalue weighted by molar-refractivity contribution is 5.84. The van der Waals surface area contributed by atoms with Gasteiger partial charge in [-0.15, -0.1) is 0 Å². The number of aromatic nitrogens is 2. The Morgan fingerprint density at radius 2 is 2.25 bits per heavy atom. The van der Waals surface area contributed by atoms with E-state index in [1.54, 1.807) is 0 Å². The molecule has 0 saturated carbocycles. The molecule has 0 saturated heterocycles. The Bertz CT molecular complexity index is 570. The van der Waals surface area contributed by atoms with Crippen molar-refractivity contribution in [3.8, 4) is 0 Å². The predicted octanol–water partition coefficient (Wildman–Crippen LogP) is 0.583. The summed E-state index contributed by atoms with van der Waals surface area (Å²) in [6.07, 6.45) is 1.47. The molecule has 16 heavy (non-hydrogen) atoms. The first-order valence-electron chi connectivity index (χ1n) is 4.51. The quantitative estimate of drug-likeness (QED) is 0.817. The Balaban J connectivity index is 2.24. The molecule has 6 heteroatoms. The second-order valence-corrected chi connectivity index (χ2v) is 3.09. The normalized spacial score (nSPS) is 10.2. The van der Waals surface area contributed by atoms with Crippen LogP contribution in [0.15, 0.2) is 39.7 Å². The molecule has 1 N–H and O–H groups in total. The second kappa shape index (κ2) is 4.01. The van der Waals surface area contributed by atoms with Crippen LogP contribution in [0.2, 0.25) is 0 Å². The molecule has 0 unspecified atom stereocenters. The predicted molar refractivity (Wildman–Crippen MR) is 53.3 cm³/mol. The maximum absolute atomic E-state index is 11.3. The molecular formula is C10H8N2O4. The van der Waals surface area contributed by atoms with Gasteiger partial charge in [-0.2, -0.15) is 5.10 Å². The minimum absolute atomic E-state index is 0.118. The monoisotopic (exact) mass is 220 g/mol. The molecule has 2 aromatic heterocycles. The fraction of sp³-hybridized carbons (Fsp3) is 0.100. The van der Waals surface area contributed by atoms with E-state index in [1.807, 2.05) is 0 Å². The molecule has 0 amide bonds. The SMILES string of the molecule is O=C(O)c1ccc(Cn2ncccc2=O)o1. The molecule has 0 bridgehead atoms. The standard InChI is InChI=1S/C10H8N2O4/c13-9-2-1-5-11-12(9)6-7-3-4-8(16-7)10(14)15/h1-5H,6H2,(H,14,15).